The van der Waals surface area contributed by atoms with E-state index in [0.29, 0.717) is 13.0 Å². The summed E-state index contributed by atoms with van der Waals surface area (Å²) >= 11 is 0. The summed E-state index contributed by atoms with van der Waals surface area (Å²) in [6.07, 6.45) is 0.698. The predicted octanol–water partition coefficient (Wildman–Crippen LogP) is 1.09. The first kappa shape index (κ1) is 11.6. The fourth-order valence-electron chi connectivity index (χ4n) is 1.65. The summed E-state index contributed by atoms with van der Waals surface area (Å²) in [6, 6.07) is 7.71. The van der Waals surface area contributed by atoms with E-state index in [1.165, 1.54) is 0 Å². The first-order chi connectivity index (χ1) is 8.24. The third kappa shape index (κ3) is 2.45. The molecule has 1 aromatic carbocycles. The molecule has 1 aromatic heterocycles. The van der Waals surface area contributed by atoms with Gasteiger partial charge in [-0.2, -0.15) is 5.10 Å². The molecule has 5 nitrogen and oxygen atoms in total. The lowest BCUT2D eigenvalue weighted by Gasteiger charge is -2.04. The molecule has 1 heterocycles. The zero-order valence-electron chi connectivity index (χ0n) is 10.1. The highest BCUT2D eigenvalue weighted by Gasteiger charge is 2.07. The van der Waals surface area contributed by atoms with Gasteiger partial charge in [0, 0.05) is 6.42 Å². The monoisotopic (exact) mass is 232 g/mol. The molecule has 0 saturated heterocycles. The zero-order chi connectivity index (χ0) is 12.3. The topological polar surface area (TPSA) is 66.0 Å². The first-order valence-electron chi connectivity index (χ1n) is 5.51. The molecule has 0 radical (unpaired) electrons. The Labute approximate surface area is 100 Å². The number of nitrogens with two attached hydrogens (primary N) is 1. The zero-order valence-corrected chi connectivity index (χ0v) is 10.1. The second-order valence-electron chi connectivity index (χ2n) is 3.72. The number of aromatic nitrogens is 3. The van der Waals surface area contributed by atoms with Crippen molar-refractivity contribution in [1.82, 2.24) is 14.8 Å². The summed E-state index contributed by atoms with van der Waals surface area (Å²) in [5.41, 5.74) is 6.46. The van der Waals surface area contributed by atoms with Crippen LogP contribution in [-0.4, -0.2) is 28.4 Å². The minimum absolute atomic E-state index is 0.562. The number of hydrogen-bond donors (Lipinski definition) is 1. The molecule has 2 rings (SSSR count). The van der Waals surface area contributed by atoms with E-state index >= 15 is 0 Å². The first-order valence-corrected chi connectivity index (χ1v) is 5.51. The molecule has 0 saturated carbocycles. The van der Waals surface area contributed by atoms with Gasteiger partial charge in [-0.15, -0.1) is 0 Å². The van der Waals surface area contributed by atoms with Gasteiger partial charge >= 0.3 is 0 Å². The van der Waals surface area contributed by atoms with Gasteiger partial charge in [-0.3, -0.25) is 0 Å². The van der Waals surface area contributed by atoms with Crippen molar-refractivity contribution in [3.05, 3.63) is 35.9 Å². The molecule has 5 heteroatoms. The Balaban J connectivity index is 2.31. The number of hydrogen-bond acceptors (Lipinski definition) is 4. The van der Waals surface area contributed by atoms with Gasteiger partial charge in [0.1, 0.15) is 11.6 Å². The van der Waals surface area contributed by atoms with Gasteiger partial charge in [-0.05, 0) is 37.7 Å². The molecule has 0 aliphatic heterocycles. The molecule has 0 amide bonds. The van der Waals surface area contributed by atoms with Crippen molar-refractivity contribution >= 4 is 0 Å². The molecule has 0 spiro atoms. The van der Waals surface area contributed by atoms with E-state index in [1.807, 2.05) is 35.9 Å². The van der Waals surface area contributed by atoms with Crippen molar-refractivity contribution in [1.29, 1.82) is 0 Å². The van der Waals surface area contributed by atoms with E-state index in [1.54, 1.807) is 7.11 Å². The van der Waals surface area contributed by atoms with Crippen LogP contribution >= 0.6 is 0 Å². The molecular formula is C12H16N4O. The minimum Gasteiger partial charge on any atom is -0.497 e. The second kappa shape index (κ2) is 4.97. The maximum absolute atomic E-state index is 5.49. The van der Waals surface area contributed by atoms with E-state index in [-0.39, 0.29) is 0 Å². The lowest BCUT2D eigenvalue weighted by Crippen LogP contribution is -2.05. The smallest absolute Gasteiger partial charge is 0.152 e. The number of methoxy groups -OCH3 is 1. The Morgan fingerprint density at radius 1 is 1.29 bits per heavy atom. The number of ether oxygens (including phenoxy) is 1. The number of rotatable bonds is 4. The minimum atomic E-state index is 0.562. The van der Waals surface area contributed by atoms with Gasteiger partial charge < -0.3 is 10.5 Å². The van der Waals surface area contributed by atoms with Gasteiger partial charge in [-0.1, -0.05) is 0 Å². The van der Waals surface area contributed by atoms with E-state index in [4.69, 9.17) is 10.5 Å². The van der Waals surface area contributed by atoms with Crippen LogP contribution in [0.2, 0.25) is 0 Å². The van der Waals surface area contributed by atoms with Crippen LogP contribution in [0.4, 0.5) is 0 Å². The lowest BCUT2D eigenvalue weighted by molar-refractivity contribution is 0.414. The molecule has 0 fully saturated rings. The maximum Gasteiger partial charge on any atom is 0.152 e. The summed E-state index contributed by atoms with van der Waals surface area (Å²) < 4.78 is 6.93. The predicted molar refractivity (Wildman–Crippen MR) is 65.4 cm³/mol. The molecule has 2 N–H and O–H groups in total. The van der Waals surface area contributed by atoms with Crippen LogP contribution in [0.15, 0.2) is 24.3 Å². The number of aryl methyl sites for hydroxylation is 1. The fourth-order valence-corrected chi connectivity index (χ4v) is 1.65. The maximum atomic E-state index is 5.49. The summed E-state index contributed by atoms with van der Waals surface area (Å²) in [4.78, 5) is 4.36. The molecular weight excluding hydrogens is 216 g/mol. The molecule has 0 aliphatic rings. The standard InChI is InChI=1S/C12H16N4O/c1-9-14-12(7-8-13)15-16(9)10-3-5-11(17-2)6-4-10/h3-6H,7-8,13H2,1-2H3. The van der Waals surface area contributed by atoms with Gasteiger partial charge in [0.05, 0.1) is 12.8 Å². The van der Waals surface area contributed by atoms with Crippen molar-refractivity contribution in [3.63, 3.8) is 0 Å². The second-order valence-corrected chi connectivity index (χ2v) is 3.72. The molecule has 0 atom stereocenters. The van der Waals surface area contributed by atoms with E-state index in [0.717, 1.165) is 23.1 Å². The highest BCUT2D eigenvalue weighted by molar-refractivity contribution is 5.37. The summed E-state index contributed by atoms with van der Waals surface area (Å²) in [5.74, 6) is 2.47. The lowest BCUT2D eigenvalue weighted by atomic mass is 10.3. The van der Waals surface area contributed by atoms with Gasteiger partial charge in [-0.25, -0.2) is 9.67 Å². The van der Waals surface area contributed by atoms with Crippen LogP contribution in [0.1, 0.15) is 11.6 Å². The number of benzene rings is 1. The molecule has 0 bridgehead atoms. The van der Waals surface area contributed by atoms with E-state index in [9.17, 15) is 0 Å². The molecule has 2 aromatic rings. The fraction of sp³-hybridized carbons (Fsp3) is 0.333. The van der Waals surface area contributed by atoms with Crippen molar-refractivity contribution in [2.24, 2.45) is 5.73 Å². The van der Waals surface area contributed by atoms with Crippen LogP contribution in [0.25, 0.3) is 5.69 Å². The van der Waals surface area contributed by atoms with Crippen molar-refractivity contribution < 1.29 is 4.74 Å². The Hall–Kier alpha value is -1.88. The Bertz CT molecular complexity index is 490. The summed E-state index contributed by atoms with van der Waals surface area (Å²) in [5, 5.41) is 4.41. The molecule has 0 unspecified atom stereocenters. The van der Waals surface area contributed by atoms with Crippen LogP contribution < -0.4 is 10.5 Å². The van der Waals surface area contributed by atoms with E-state index in [2.05, 4.69) is 10.1 Å². The van der Waals surface area contributed by atoms with Crippen molar-refractivity contribution in [2.45, 2.75) is 13.3 Å². The van der Waals surface area contributed by atoms with Crippen LogP contribution in [-0.2, 0) is 6.42 Å². The highest BCUT2D eigenvalue weighted by atomic mass is 16.5. The van der Waals surface area contributed by atoms with Crippen LogP contribution in [0.3, 0.4) is 0 Å². The quantitative estimate of drug-likeness (QED) is 0.856. The normalized spacial score (nSPS) is 10.5. The van der Waals surface area contributed by atoms with Crippen LogP contribution in [0, 0.1) is 6.92 Å². The number of nitrogens with zero attached hydrogens (tertiary/aromatic N) is 3. The SMILES string of the molecule is COc1ccc(-n2nc(CCN)nc2C)cc1. The van der Waals surface area contributed by atoms with E-state index < -0.39 is 0 Å². The summed E-state index contributed by atoms with van der Waals surface area (Å²) in [7, 11) is 1.65. The largest absolute Gasteiger partial charge is 0.497 e. The summed E-state index contributed by atoms with van der Waals surface area (Å²) in [6.45, 7) is 2.49. The van der Waals surface area contributed by atoms with Crippen molar-refractivity contribution in [3.8, 4) is 11.4 Å². The third-order valence-corrected chi connectivity index (χ3v) is 2.50. The molecule has 90 valence electrons. The van der Waals surface area contributed by atoms with Crippen LogP contribution in [0.5, 0.6) is 5.75 Å². The third-order valence-electron chi connectivity index (χ3n) is 2.50. The molecule has 0 aliphatic carbocycles. The van der Waals surface area contributed by atoms with Gasteiger partial charge in [0.25, 0.3) is 0 Å². The Morgan fingerprint density at radius 2 is 2.00 bits per heavy atom. The highest BCUT2D eigenvalue weighted by Crippen LogP contribution is 2.15. The molecule has 17 heavy (non-hydrogen) atoms. The average molecular weight is 232 g/mol. The van der Waals surface area contributed by atoms with Gasteiger partial charge in [0.2, 0.25) is 0 Å². The average Bonchev–Trinajstić information content (AvgIpc) is 2.71. The Kier molecular flexibility index (Phi) is 3.39. The van der Waals surface area contributed by atoms with Gasteiger partial charge in [0.15, 0.2) is 5.82 Å². The Morgan fingerprint density at radius 3 is 2.59 bits per heavy atom. The van der Waals surface area contributed by atoms with Crippen molar-refractivity contribution in [2.75, 3.05) is 13.7 Å².